The van der Waals surface area contributed by atoms with Crippen molar-refractivity contribution >= 4 is 59.9 Å². The minimum absolute atomic E-state index is 0.0187. The maximum atomic E-state index is 16.6. The Labute approximate surface area is 336 Å². The van der Waals surface area contributed by atoms with E-state index in [4.69, 9.17) is 38.3 Å². The average molecular weight is 884 g/mol. The molecule has 4 N–H and O–H groups in total. The zero-order valence-electron chi connectivity index (χ0n) is 31.1. The molecule has 10 atom stereocenters. The SMILES string of the molecule is CCCC(=O)Oc1ccc(CSP2(=O)OC[C@H]3O[C@@H](n4cnc5c(N)ncnc54)[C@H](F)[C@@H]3OCP(=O)(O)OC[C@H]3O[C@@H](n4cnc5c(=O)[nH]c(C)nc54)[C@H](O2)[C@@H]3F)cc1. The van der Waals surface area contributed by atoms with Crippen molar-refractivity contribution in [3.05, 3.63) is 65.0 Å². The van der Waals surface area contributed by atoms with Gasteiger partial charge in [0.05, 0.1) is 25.9 Å². The predicted octanol–water partition coefficient (Wildman–Crippen LogP) is 4.03. The van der Waals surface area contributed by atoms with E-state index >= 15 is 8.78 Å². The molecule has 3 aliphatic rings. The fourth-order valence-electron chi connectivity index (χ4n) is 6.71. The Morgan fingerprint density at radius 3 is 2.46 bits per heavy atom. The van der Waals surface area contributed by atoms with Crippen LogP contribution < -0.4 is 16.0 Å². The minimum Gasteiger partial charge on any atom is -0.427 e. The summed E-state index contributed by atoms with van der Waals surface area (Å²) in [6, 6.07) is 6.34. The molecule has 21 nitrogen and oxygen atoms in total. The van der Waals surface area contributed by atoms with Crippen molar-refractivity contribution in [3.63, 3.8) is 0 Å². The number of rotatable bonds is 8. The summed E-state index contributed by atoms with van der Waals surface area (Å²) in [6.07, 6.45) is -10.4. The number of nitrogens with zero attached hydrogens (tertiary/aromatic N) is 7. The second-order valence-electron chi connectivity index (χ2n) is 13.7. The molecule has 3 saturated heterocycles. The van der Waals surface area contributed by atoms with Crippen molar-refractivity contribution in [2.45, 2.75) is 81.7 Å². The number of anilines is 1. The number of carbonyl (C=O) groups is 1. The summed E-state index contributed by atoms with van der Waals surface area (Å²) in [5, 5.41) is 0. The smallest absolute Gasteiger partial charge is 0.390 e. The Balaban J connectivity index is 1.13. The average Bonchev–Trinajstić information content (AvgIpc) is 3.96. The fourth-order valence-corrected chi connectivity index (χ4v) is 10.9. The first-order chi connectivity index (χ1) is 28.2. The molecule has 316 valence electrons. The molecule has 7 heterocycles. The fraction of sp³-hybridized carbons (Fsp3) is 0.485. The normalized spacial score (nSPS) is 31.6. The van der Waals surface area contributed by atoms with Crippen LogP contribution in [0.2, 0.25) is 0 Å². The zero-order chi connectivity index (χ0) is 41.6. The molecule has 4 aromatic heterocycles. The van der Waals surface area contributed by atoms with Gasteiger partial charge in [-0.2, -0.15) is 0 Å². The third kappa shape index (κ3) is 8.56. The van der Waals surface area contributed by atoms with Crippen LogP contribution in [0.1, 0.15) is 43.6 Å². The summed E-state index contributed by atoms with van der Waals surface area (Å²) in [6.45, 7) is -2.78. The van der Waals surface area contributed by atoms with Gasteiger partial charge in [-0.25, -0.2) is 38.3 Å². The van der Waals surface area contributed by atoms with Crippen molar-refractivity contribution in [2.75, 3.05) is 25.3 Å². The largest absolute Gasteiger partial charge is 0.427 e. The summed E-state index contributed by atoms with van der Waals surface area (Å²) < 4.78 is 104. The lowest BCUT2D eigenvalue weighted by Gasteiger charge is -2.28. The van der Waals surface area contributed by atoms with Crippen LogP contribution >= 0.6 is 25.8 Å². The van der Waals surface area contributed by atoms with Crippen LogP contribution in [0.5, 0.6) is 5.75 Å². The summed E-state index contributed by atoms with van der Waals surface area (Å²) >= 11 is 0.659. The van der Waals surface area contributed by atoms with Crippen LogP contribution in [0, 0.1) is 6.92 Å². The Morgan fingerprint density at radius 2 is 1.69 bits per heavy atom. The number of aromatic amines is 1. The number of carbonyl (C=O) groups excluding carboxylic acids is 1. The van der Waals surface area contributed by atoms with Gasteiger partial charge in [0.2, 0.25) is 0 Å². The number of nitrogens with two attached hydrogens (primary N) is 1. The van der Waals surface area contributed by atoms with Gasteiger partial charge in [0.1, 0.15) is 54.2 Å². The monoisotopic (exact) mass is 883 g/mol. The quantitative estimate of drug-likeness (QED) is 0.113. The Morgan fingerprint density at radius 1 is 0.983 bits per heavy atom. The van der Waals surface area contributed by atoms with Gasteiger partial charge in [0.25, 0.3) is 5.56 Å². The number of alkyl halides is 2. The van der Waals surface area contributed by atoms with Gasteiger partial charge in [-0.05, 0) is 42.4 Å². The number of imidazole rings is 2. The number of hydrogen-bond acceptors (Lipinski definition) is 18. The molecule has 3 fully saturated rings. The number of fused-ring (bicyclic) bond motifs is 5. The lowest BCUT2D eigenvalue weighted by atomic mass is 10.1. The molecule has 0 spiro atoms. The maximum absolute atomic E-state index is 16.6. The molecule has 2 unspecified atom stereocenters. The molecule has 3 aliphatic heterocycles. The van der Waals surface area contributed by atoms with Gasteiger partial charge in [-0.1, -0.05) is 19.1 Å². The highest BCUT2D eigenvalue weighted by atomic mass is 32.7. The molecule has 5 aromatic rings. The number of ether oxygens (including phenoxy) is 4. The molecule has 8 rings (SSSR count). The van der Waals surface area contributed by atoms with Gasteiger partial charge in [-0.3, -0.25) is 32.3 Å². The Hall–Kier alpha value is -4.22. The maximum Gasteiger partial charge on any atom is 0.390 e. The van der Waals surface area contributed by atoms with E-state index in [2.05, 4.69) is 29.9 Å². The molecule has 0 saturated carbocycles. The van der Waals surface area contributed by atoms with Crippen LogP contribution in [0.25, 0.3) is 22.3 Å². The Bertz CT molecular complexity index is 2510. The number of hydrogen-bond donors (Lipinski definition) is 3. The molecule has 0 radical (unpaired) electrons. The van der Waals surface area contributed by atoms with Crippen LogP contribution in [0.15, 0.2) is 48.0 Å². The molecule has 59 heavy (non-hydrogen) atoms. The molecule has 0 aliphatic carbocycles. The predicted molar refractivity (Wildman–Crippen MR) is 202 cm³/mol. The van der Waals surface area contributed by atoms with Crippen molar-refractivity contribution < 1.29 is 60.1 Å². The van der Waals surface area contributed by atoms with E-state index in [-0.39, 0.29) is 51.9 Å². The van der Waals surface area contributed by atoms with Crippen LogP contribution in [-0.4, -0.2) is 106 Å². The van der Waals surface area contributed by atoms with E-state index in [1.165, 1.54) is 22.4 Å². The lowest BCUT2D eigenvalue weighted by Crippen LogP contribution is -2.36. The first-order valence-corrected chi connectivity index (χ1v) is 23.0. The van der Waals surface area contributed by atoms with E-state index in [1.54, 1.807) is 24.3 Å². The second kappa shape index (κ2) is 16.7. The number of H-pyrrole nitrogens is 1. The van der Waals surface area contributed by atoms with Gasteiger partial charge in [0.15, 0.2) is 47.4 Å². The number of esters is 1. The summed E-state index contributed by atoms with van der Waals surface area (Å²) in [5.41, 5.74) is 6.03. The zero-order valence-corrected chi connectivity index (χ0v) is 33.7. The molecule has 2 bridgehead atoms. The van der Waals surface area contributed by atoms with Crippen LogP contribution in [0.4, 0.5) is 14.6 Å². The van der Waals surface area contributed by atoms with E-state index < -0.39 is 94.7 Å². The van der Waals surface area contributed by atoms with Gasteiger partial charge in [0, 0.05) is 12.2 Å². The highest BCUT2D eigenvalue weighted by molar-refractivity contribution is 8.54. The number of aryl methyl sites for hydroxylation is 1. The molecular weight excluding hydrogens is 846 g/mol. The second-order valence-corrected chi connectivity index (χ2v) is 19.5. The van der Waals surface area contributed by atoms with Crippen molar-refractivity contribution in [3.8, 4) is 5.75 Å². The summed E-state index contributed by atoms with van der Waals surface area (Å²) in [5.74, 6) is 0.0406. The number of halogens is 2. The van der Waals surface area contributed by atoms with Crippen molar-refractivity contribution in [2.24, 2.45) is 0 Å². The van der Waals surface area contributed by atoms with Crippen LogP contribution in [0.3, 0.4) is 0 Å². The van der Waals surface area contributed by atoms with Gasteiger partial charge < -0.3 is 39.1 Å². The molecule has 0 amide bonds. The van der Waals surface area contributed by atoms with Crippen molar-refractivity contribution in [1.82, 2.24) is 39.0 Å². The topological polar surface area (TPSA) is 269 Å². The number of nitrogens with one attached hydrogen (secondary N) is 1. The number of benzene rings is 1. The van der Waals surface area contributed by atoms with E-state index in [0.717, 1.165) is 12.7 Å². The molecular formula is C33H37F2N9O12P2S. The van der Waals surface area contributed by atoms with Gasteiger partial charge in [-0.15, -0.1) is 0 Å². The van der Waals surface area contributed by atoms with E-state index in [1.807, 2.05) is 6.92 Å². The van der Waals surface area contributed by atoms with Crippen molar-refractivity contribution in [1.29, 1.82) is 0 Å². The third-order valence-electron chi connectivity index (χ3n) is 9.53. The summed E-state index contributed by atoms with van der Waals surface area (Å²) in [7, 11) is -4.73. The number of aromatic nitrogens is 8. The first-order valence-electron chi connectivity index (χ1n) is 18.1. The minimum atomic E-state index is -4.73. The third-order valence-corrected chi connectivity index (χ3v) is 14.2. The Kier molecular flexibility index (Phi) is 11.7. The standard InChI is InChI=1S/C33H37F2N9O12P2S/c1-3-4-21(45)53-18-7-5-17(6-8-18)11-59-58(49)52-10-20-26(23(35)32(55-20)43-13-39-24-28(36)37-12-38-29(24)43)50-15-57(47,48)51-9-19-22(34)27(56-58)33(54-19)44-14-40-25-30(44)41-16(2)42-31(25)46/h5-8,12-14,19-20,22-23,26-27,32-33H,3-4,9-11,15H2,1-2H3,(H,47,48)(H2,36,37,38)(H,41,42,46)/t19-,20-,22-,23-,26-,27-,32-,33-,58?/m1/s1. The number of nitrogen functional groups attached to an aromatic ring is 1. The van der Waals surface area contributed by atoms with Crippen LogP contribution in [-0.2, 0) is 47.5 Å². The molecule has 1 aromatic carbocycles. The highest BCUT2D eigenvalue weighted by Crippen LogP contribution is 2.65. The summed E-state index contributed by atoms with van der Waals surface area (Å²) in [4.78, 5) is 58.6. The first kappa shape index (κ1) is 41.5. The van der Waals surface area contributed by atoms with E-state index in [9.17, 15) is 23.6 Å². The molecule has 26 heteroatoms. The lowest BCUT2D eigenvalue weighted by molar-refractivity contribution is -0.134. The van der Waals surface area contributed by atoms with E-state index in [0.29, 0.717) is 23.4 Å². The highest BCUT2D eigenvalue weighted by Gasteiger charge is 2.54. The van der Waals surface area contributed by atoms with Gasteiger partial charge >= 0.3 is 20.4 Å².